The Kier molecular flexibility index (Phi) is 2.55. The van der Waals surface area contributed by atoms with Gasteiger partial charge in [-0.15, -0.1) is 0 Å². The predicted octanol–water partition coefficient (Wildman–Crippen LogP) is 2.33. The maximum atomic E-state index is 10.4. The first kappa shape index (κ1) is 11.0. The topological polar surface area (TPSA) is 38.1 Å². The zero-order valence-electron chi connectivity index (χ0n) is 9.37. The van der Waals surface area contributed by atoms with Crippen LogP contribution in [0.25, 0.3) is 0 Å². The van der Waals surface area contributed by atoms with Gasteiger partial charge in [-0.25, -0.2) is 0 Å². The van der Waals surface area contributed by atoms with Crippen molar-refractivity contribution < 1.29 is 5.11 Å². The summed E-state index contributed by atoms with van der Waals surface area (Å²) in [5.74, 6) is 1.22. The fourth-order valence-corrected chi connectivity index (χ4v) is 2.75. The smallest absolute Gasteiger partial charge is 0.108 e. The van der Waals surface area contributed by atoms with Gasteiger partial charge in [-0.1, -0.05) is 25.4 Å². The highest BCUT2D eigenvalue weighted by Crippen LogP contribution is 2.50. The van der Waals surface area contributed by atoms with E-state index in [-0.39, 0.29) is 0 Å². The lowest BCUT2D eigenvalue weighted by molar-refractivity contribution is -0.0987. The van der Waals surface area contributed by atoms with Crippen LogP contribution in [-0.2, 0) is 12.6 Å². The molecule has 0 aliphatic heterocycles. The average molecular weight is 229 g/mol. The van der Waals surface area contributed by atoms with E-state index in [4.69, 9.17) is 11.6 Å². The third-order valence-corrected chi connectivity index (χ3v) is 3.75. The SMILES string of the molecule is CC(C)C1CC(O)(c2c(Cl)cnn2C)C1. The van der Waals surface area contributed by atoms with Crippen molar-refractivity contribution >= 4 is 11.6 Å². The first-order valence-electron chi connectivity index (χ1n) is 5.34. The lowest BCUT2D eigenvalue weighted by Gasteiger charge is -2.45. The van der Waals surface area contributed by atoms with Gasteiger partial charge in [-0.3, -0.25) is 4.68 Å². The molecule has 0 amide bonds. The Balaban J connectivity index is 2.20. The summed E-state index contributed by atoms with van der Waals surface area (Å²) in [7, 11) is 1.82. The number of rotatable bonds is 2. The Morgan fingerprint density at radius 3 is 2.60 bits per heavy atom. The molecule has 3 nitrogen and oxygen atoms in total. The van der Waals surface area contributed by atoms with E-state index in [2.05, 4.69) is 18.9 Å². The molecule has 1 aliphatic rings. The molecule has 1 N–H and O–H groups in total. The standard InChI is InChI=1S/C11H17ClN2O/c1-7(2)8-4-11(15,5-8)10-9(12)6-13-14(10)3/h6-8,15H,4-5H2,1-3H3. The van der Waals surface area contributed by atoms with Crippen LogP contribution < -0.4 is 0 Å². The van der Waals surface area contributed by atoms with E-state index >= 15 is 0 Å². The minimum atomic E-state index is -0.753. The lowest BCUT2D eigenvalue weighted by Crippen LogP contribution is -2.44. The quantitative estimate of drug-likeness (QED) is 0.844. The fraction of sp³-hybridized carbons (Fsp3) is 0.727. The largest absolute Gasteiger partial charge is 0.383 e. The van der Waals surface area contributed by atoms with Crippen LogP contribution >= 0.6 is 11.6 Å². The monoisotopic (exact) mass is 228 g/mol. The van der Waals surface area contributed by atoms with Crippen LogP contribution in [0.15, 0.2) is 6.20 Å². The third kappa shape index (κ3) is 1.68. The van der Waals surface area contributed by atoms with Crippen LogP contribution in [0.1, 0.15) is 32.4 Å². The second-order valence-electron chi connectivity index (χ2n) is 4.91. The van der Waals surface area contributed by atoms with Crippen LogP contribution in [0.4, 0.5) is 0 Å². The molecule has 1 aromatic rings. The van der Waals surface area contributed by atoms with E-state index in [1.807, 2.05) is 7.05 Å². The van der Waals surface area contributed by atoms with Gasteiger partial charge in [0.25, 0.3) is 0 Å². The summed E-state index contributed by atoms with van der Waals surface area (Å²) in [6.07, 6.45) is 3.19. The molecular weight excluding hydrogens is 212 g/mol. The Bertz CT molecular complexity index is 347. The number of aliphatic hydroxyl groups is 1. The number of aromatic nitrogens is 2. The highest BCUT2D eigenvalue weighted by Gasteiger charge is 2.47. The molecule has 0 unspecified atom stereocenters. The number of nitrogens with zero attached hydrogens (tertiary/aromatic N) is 2. The van der Waals surface area contributed by atoms with Crippen molar-refractivity contribution in [2.75, 3.05) is 0 Å². The summed E-state index contributed by atoms with van der Waals surface area (Å²) in [6, 6.07) is 0. The van der Waals surface area contributed by atoms with E-state index in [0.717, 1.165) is 18.5 Å². The van der Waals surface area contributed by atoms with Crippen molar-refractivity contribution in [1.29, 1.82) is 0 Å². The normalized spacial score (nSPS) is 30.7. The molecule has 1 heterocycles. The predicted molar refractivity (Wildman–Crippen MR) is 59.7 cm³/mol. The average Bonchev–Trinajstić information content (AvgIpc) is 2.41. The molecular formula is C11H17ClN2O. The highest BCUT2D eigenvalue weighted by atomic mass is 35.5. The van der Waals surface area contributed by atoms with Gasteiger partial charge >= 0.3 is 0 Å². The number of aryl methyl sites for hydroxylation is 1. The molecule has 0 bridgehead atoms. The molecule has 1 aromatic heterocycles. The van der Waals surface area contributed by atoms with Crippen molar-refractivity contribution in [3.63, 3.8) is 0 Å². The molecule has 0 aromatic carbocycles. The molecule has 0 saturated heterocycles. The molecule has 1 fully saturated rings. The van der Waals surface area contributed by atoms with Crippen molar-refractivity contribution in [3.05, 3.63) is 16.9 Å². The van der Waals surface area contributed by atoms with Crippen LogP contribution in [0, 0.1) is 11.8 Å². The first-order chi connectivity index (χ1) is 6.94. The summed E-state index contributed by atoms with van der Waals surface area (Å²) in [4.78, 5) is 0. The van der Waals surface area contributed by atoms with Crippen LogP contribution in [0.5, 0.6) is 0 Å². The van der Waals surface area contributed by atoms with E-state index in [1.54, 1.807) is 10.9 Å². The van der Waals surface area contributed by atoms with Gasteiger partial charge < -0.3 is 5.11 Å². The molecule has 4 heteroatoms. The van der Waals surface area contributed by atoms with Gasteiger partial charge in [0, 0.05) is 7.05 Å². The lowest BCUT2D eigenvalue weighted by atomic mass is 9.65. The minimum Gasteiger partial charge on any atom is -0.383 e. The van der Waals surface area contributed by atoms with Gasteiger partial charge in [0.15, 0.2) is 0 Å². The summed E-state index contributed by atoms with van der Waals surface area (Å²) in [5, 5.41) is 15.0. The Labute approximate surface area is 95.0 Å². The number of hydrogen-bond donors (Lipinski definition) is 1. The molecule has 15 heavy (non-hydrogen) atoms. The van der Waals surface area contributed by atoms with Gasteiger partial charge in [-0.2, -0.15) is 5.10 Å². The maximum absolute atomic E-state index is 10.4. The Morgan fingerprint density at radius 1 is 1.60 bits per heavy atom. The Morgan fingerprint density at radius 2 is 2.20 bits per heavy atom. The van der Waals surface area contributed by atoms with E-state index in [0.29, 0.717) is 16.9 Å². The number of halogens is 1. The summed E-state index contributed by atoms with van der Waals surface area (Å²) in [5.41, 5.74) is 0.0122. The van der Waals surface area contributed by atoms with Crippen molar-refractivity contribution in [1.82, 2.24) is 9.78 Å². The molecule has 1 aliphatic carbocycles. The molecule has 84 valence electrons. The van der Waals surface area contributed by atoms with Crippen LogP contribution in [0.2, 0.25) is 5.02 Å². The van der Waals surface area contributed by atoms with E-state index in [9.17, 15) is 5.11 Å². The zero-order valence-corrected chi connectivity index (χ0v) is 10.1. The molecule has 0 atom stereocenters. The number of hydrogen-bond acceptors (Lipinski definition) is 2. The highest BCUT2D eigenvalue weighted by molar-refractivity contribution is 6.31. The van der Waals surface area contributed by atoms with E-state index < -0.39 is 5.60 Å². The van der Waals surface area contributed by atoms with Gasteiger partial charge in [0.1, 0.15) is 5.60 Å². The first-order valence-corrected chi connectivity index (χ1v) is 5.72. The van der Waals surface area contributed by atoms with Gasteiger partial charge in [0.2, 0.25) is 0 Å². The summed E-state index contributed by atoms with van der Waals surface area (Å²) in [6.45, 7) is 4.38. The van der Waals surface area contributed by atoms with Crippen molar-refractivity contribution in [3.8, 4) is 0 Å². The molecule has 1 saturated carbocycles. The van der Waals surface area contributed by atoms with Crippen LogP contribution in [0.3, 0.4) is 0 Å². The van der Waals surface area contributed by atoms with E-state index in [1.165, 1.54) is 0 Å². The third-order valence-electron chi connectivity index (χ3n) is 3.48. The minimum absolute atomic E-state index is 0.571. The molecule has 2 rings (SSSR count). The van der Waals surface area contributed by atoms with Gasteiger partial charge in [-0.05, 0) is 24.7 Å². The van der Waals surface area contributed by atoms with Gasteiger partial charge in [0.05, 0.1) is 16.9 Å². The van der Waals surface area contributed by atoms with Crippen LogP contribution in [-0.4, -0.2) is 14.9 Å². The maximum Gasteiger partial charge on any atom is 0.108 e. The molecule has 0 radical (unpaired) electrons. The second-order valence-corrected chi connectivity index (χ2v) is 5.32. The van der Waals surface area contributed by atoms with Crippen molar-refractivity contribution in [2.24, 2.45) is 18.9 Å². The fourth-order valence-electron chi connectivity index (χ4n) is 2.41. The summed E-state index contributed by atoms with van der Waals surface area (Å²) < 4.78 is 1.68. The molecule has 0 spiro atoms. The second kappa shape index (κ2) is 3.49. The van der Waals surface area contributed by atoms with Crippen molar-refractivity contribution in [2.45, 2.75) is 32.3 Å². The zero-order chi connectivity index (χ0) is 11.2. The summed E-state index contributed by atoms with van der Waals surface area (Å²) >= 11 is 6.03. The Hall–Kier alpha value is -0.540.